The van der Waals surface area contributed by atoms with Gasteiger partial charge in [-0.15, -0.1) is 0 Å². The molecule has 0 fully saturated rings. The molecular weight excluding hydrogens is 327 g/mol. The molecule has 126 valence electrons. The lowest BCUT2D eigenvalue weighted by molar-refractivity contribution is -0.114. The minimum absolute atomic E-state index is 0.119. The van der Waals surface area contributed by atoms with Gasteiger partial charge in [-0.3, -0.25) is 9.59 Å². The number of nitrogens with one attached hydrogen (secondary N) is 1. The topological polar surface area (TPSA) is 96.3 Å². The van der Waals surface area contributed by atoms with E-state index in [0.717, 1.165) is 6.07 Å². The van der Waals surface area contributed by atoms with Crippen molar-refractivity contribution >= 4 is 23.3 Å². The Morgan fingerprint density at radius 2 is 1.96 bits per heavy atom. The summed E-state index contributed by atoms with van der Waals surface area (Å²) in [5, 5.41) is 11.2. The van der Waals surface area contributed by atoms with Crippen LogP contribution in [0, 0.1) is 17.1 Å². The summed E-state index contributed by atoms with van der Waals surface area (Å²) in [4.78, 5) is 34.8. The number of carbonyl (C=O) groups excluding carboxylic acids is 3. The third kappa shape index (κ3) is 4.72. The first kappa shape index (κ1) is 17.8. The first-order chi connectivity index (χ1) is 11.9. The molecule has 2 aromatic rings. The van der Waals surface area contributed by atoms with Crippen molar-refractivity contribution in [1.29, 1.82) is 5.26 Å². The van der Waals surface area contributed by atoms with E-state index >= 15 is 0 Å². The van der Waals surface area contributed by atoms with Gasteiger partial charge in [0.1, 0.15) is 5.82 Å². The van der Waals surface area contributed by atoms with Gasteiger partial charge in [-0.1, -0.05) is 6.07 Å². The molecule has 0 aliphatic heterocycles. The predicted molar refractivity (Wildman–Crippen MR) is 86.5 cm³/mol. The fraction of sp³-hybridized carbons (Fsp3) is 0.111. The average Bonchev–Trinajstić information content (AvgIpc) is 2.59. The molecule has 0 saturated heterocycles. The summed E-state index contributed by atoms with van der Waals surface area (Å²) in [6, 6.07) is 11.3. The van der Waals surface area contributed by atoms with Crippen LogP contribution in [0.5, 0.6) is 0 Å². The van der Waals surface area contributed by atoms with Crippen molar-refractivity contribution in [2.75, 3.05) is 11.9 Å². The van der Waals surface area contributed by atoms with Crippen LogP contribution in [0.15, 0.2) is 42.5 Å². The normalized spacial score (nSPS) is 9.80. The number of Topliss-reactive ketones (excluding diaryl/α,β-unsaturated/α-hetero) is 1. The highest BCUT2D eigenvalue weighted by atomic mass is 19.1. The highest BCUT2D eigenvalue weighted by Gasteiger charge is 2.16. The van der Waals surface area contributed by atoms with Gasteiger partial charge in [-0.2, -0.15) is 5.26 Å². The van der Waals surface area contributed by atoms with Crippen LogP contribution in [0.25, 0.3) is 0 Å². The Balaban J connectivity index is 2.03. The van der Waals surface area contributed by atoms with Crippen LogP contribution in [-0.4, -0.2) is 24.3 Å². The quantitative estimate of drug-likeness (QED) is 0.667. The molecule has 0 unspecified atom stereocenters. The molecule has 1 amide bonds. The van der Waals surface area contributed by atoms with E-state index in [4.69, 9.17) is 10.00 Å². The van der Waals surface area contributed by atoms with Crippen molar-refractivity contribution in [1.82, 2.24) is 0 Å². The fourth-order valence-corrected chi connectivity index (χ4v) is 2.03. The third-order valence-corrected chi connectivity index (χ3v) is 3.15. The summed E-state index contributed by atoms with van der Waals surface area (Å²) < 4.78 is 18.8. The molecule has 0 saturated carbocycles. The Morgan fingerprint density at radius 1 is 1.20 bits per heavy atom. The molecule has 0 aliphatic rings. The highest BCUT2D eigenvalue weighted by Crippen LogP contribution is 2.15. The summed E-state index contributed by atoms with van der Waals surface area (Å²) in [5.74, 6) is -2.72. The number of rotatable bonds is 5. The molecule has 2 rings (SSSR count). The number of halogens is 1. The van der Waals surface area contributed by atoms with Crippen molar-refractivity contribution in [3.63, 3.8) is 0 Å². The van der Waals surface area contributed by atoms with Gasteiger partial charge in [0.25, 0.3) is 0 Å². The van der Waals surface area contributed by atoms with E-state index < -0.39 is 24.2 Å². The number of ether oxygens (including phenoxy) is 1. The highest BCUT2D eigenvalue weighted by molar-refractivity contribution is 6.00. The summed E-state index contributed by atoms with van der Waals surface area (Å²) >= 11 is 0. The Morgan fingerprint density at radius 3 is 2.60 bits per heavy atom. The van der Waals surface area contributed by atoms with Crippen LogP contribution in [0.3, 0.4) is 0 Å². The summed E-state index contributed by atoms with van der Waals surface area (Å²) in [7, 11) is 0. The molecule has 0 radical (unpaired) electrons. The van der Waals surface area contributed by atoms with Gasteiger partial charge in [-0.05, 0) is 36.4 Å². The van der Waals surface area contributed by atoms with Gasteiger partial charge in [0.2, 0.25) is 11.7 Å². The zero-order valence-corrected chi connectivity index (χ0v) is 13.2. The number of anilines is 1. The van der Waals surface area contributed by atoms with Gasteiger partial charge >= 0.3 is 5.97 Å². The number of amides is 1. The van der Waals surface area contributed by atoms with E-state index in [1.165, 1.54) is 43.3 Å². The molecule has 1 N–H and O–H groups in total. The van der Waals surface area contributed by atoms with E-state index in [-0.39, 0.29) is 28.3 Å². The number of hydrogen-bond donors (Lipinski definition) is 1. The van der Waals surface area contributed by atoms with Crippen LogP contribution < -0.4 is 5.32 Å². The molecule has 0 spiro atoms. The molecule has 0 atom stereocenters. The second-order valence-corrected chi connectivity index (χ2v) is 5.07. The second kappa shape index (κ2) is 7.84. The van der Waals surface area contributed by atoms with Gasteiger partial charge < -0.3 is 10.1 Å². The molecule has 7 heteroatoms. The third-order valence-electron chi connectivity index (χ3n) is 3.15. The van der Waals surface area contributed by atoms with Crippen LogP contribution >= 0.6 is 0 Å². The second-order valence-electron chi connectivity index (χ2n) is 5.07. The standard InChI is InChI=1S/C18H13FN2O4/c1-11(22)21-14-5-6-15(16(19)8-14)17(23)10-25-18(24)13-4-2-3-12(7-13)9-20/h2-8H,10H2,1H3,(H,21,22). The van der Waals surface area contributed by atoms with Crippen LogP contribution in [0.2, 0.25) is 0 Å². The van der Waals surface area contributed by atoms with Crippen molar-refractivity contribution in [2.45, 2.75) is 6.92 Å². The molecule has 25 heavy (non-hydrogen) atoms. The molecular formula is C18H13FN2O4. The number of ketones is 1. The van der Waals surface area contributed by atoms with Crippen LogP contribution in [0.4, 0.5) is 10.1 Å². The number of nitriles is 1. The number of benzene rings is 2. The van der Waals surface area contributed by atoms with Crippen molar-refractivity contribution in [2.24, 2.45) is 0 Å². The maximum atomic E-state index is 13.9. The summed E-state index contributed by atoms with van der Waals surface area (Å²) in [6.45, 7) is 0.629. The minimum atomic E-state index is -0.834. The zero-order valence-electron chi connectivity index (χ0n) is 13.2. The Bertz CT molecular complexity index is 887. The molecule has 6 nitrogen and oxygen atoms in total. The lowest BCUT2D eigenvalue weighted by Crippen LogP contribution is -2.16. The monoisotopic (exact) mass is 340 g/mol. The average molecular weight is 340 g/mol. The fourth-order valence-electron chi connectivity index (χ4n) is 2.03. The van der Waals surface area contributed by atoms with Gasteiger partial charge in [0.05, 0.1) is 22.8 Å². The van der Waals surface area contributed by atoms with E-state index in [1.807, 2.05) is 6.07 Å². The lowest BCUT2D eigenvalue weighted by Gasteiger charge is -2.07. The SMILES string of the molecule is CC(=O)Nc1ccc(C(=O)COC(=O)c2cccc(C#N)c2)c(F)c1. The predicted octanol–water partition coefficient (Wildman–Crippen LogP) is 2.70. The summed E-state index contributed by atoms with van der Waals surface area (Å²) in [5.41, 5.74) is 0.355. The van der Waals surface area contributed by atoms with Crippen molar-refractivity contribution < 1.29 is 23.5 Å². The first-order valence-corrected chi connectivity index (χ1v) is 7.18. The molecule has 0 aliphatic carbocycles. The van der Waals surface area contributed by atoms with Crippen LogP contribution in [0.1, 0.15) is 33.2 Å². The zero-order chi connectivity index (χ0) is 18.4. The molecule has 0 heterocycles. The van der Waals surface area contributed by atoms with E-state index in [0.29, 0.717) is 0 Å². The minimum Gasteiger partial charge on any atom is -0.454 e. The van der Waals surface area contributed by atoms with Gasteiger partial charge in [-0.25, -0.2) is 9.18 Å². The van der Waals surface area contributed by atoms with Crippen molar-refractivity contribution in [3.8, 4) is 6.07 Å². The smallest absolute Gasteiger partial charge is 0.338 e. The molecule has 0 bridgehead atoms. The lowest BCUT2D eigenvalue weighted by atomic mass is 10.1. The van der Waals surface area contributed by atoms with Gasteiger partial charge in [0, 0.05) is 12.6 Å². The Hall–Kier alpha value is -3.53. The summed E-state index contributed by atoms with van der Waals surface area (Å²) in [6.07, 6.45) is 0. The van der Waals surface area contributed by atoms with E-state index in [2.05, 4.69) is 5.32 Å². The Labute approximate surface area is 142 Å². The van der Waals surface area contributed by atoms with Crippen molar-refractivity contribution in [3.05, 3.63) is 65.0 Å². The Kier molecular flexibility index (Phi) is 5.58. The van der Waals surface area contributed by atoms with Gasteiger partial charge in [0.15, 0.2) is 6.61 Å². The maximum Gasteiger partial charge on any atom is 0.338 e. The molecule has 0 aromatic heterocycles. The number of esters is 1. The first-order valence-electron chi connectivity index (χ1n) is 7.18. The number of hydrogen-bond acceptors (Lipinski definition) is 5. The largest absolute Gasteiger partial charge is 0.454 e. The van der Waals surface area contributed by atoms with E-state index in [9.17, 15) is 18.8 Å². The number of nitrogens with zero attached hydrogens (tertiary/aromatic N) is 1. The maximum absolute atomic E-state index is 13.9. The number of carbonyl (C=O) groups is 3. The van der Waals surface area contributed by atoms with Crippen LogP contribution in [-0.2, 0) is 9.53 Å². The van der Waals surface area contributed by atoms with E-state index in [1.54, 1.807) is 0 Å². The molecule has 2 aromatic carbocycles.